The molecule has 2 N–H and O–H groups in total. The average molecular weight is 372 g/mol. The second-order valence-corrected chi connectivity index (χ2v) is 6.57. The van der Waals surface area contributed by atoms with Gasteiger partial charge in [0.1, 0.15) is 5.82 Å². The first-order chi connectivity index (χ1) is 13.6. The van der Waals surface area contributed by atoms with Crippen molar-refractivity contribution in [2.75, 3.05) is 5.32 Å². The molecule has 0 aliphatic rings. The molecule has 2 amide bonds. The number of fused-ring (bicyclic) bond motifs is 1. The molecule has 0 saturated heterocycles. The molecular weight excluding hydrogens is 352 g/mol. The molecule has 0 spiro atoms. The van der Waals surface area contributed by atoms with E-state index in [1.54, 1.807) is 29.3 Å². The Morgan fingerprint density at radius 3 is 2.68 bits per heavy atom. The van der Waals surface area contributed by atoms with Crippen LogP contribution in [0, 0.1) is 6.92 Å². The first kappa shape index (κ1) is 17.7. The molecule has 140 valence electrons. The Morgan fingerprint density at radius 1 is 1.07 bits per heavy atom. The number of hydrogen-bond donors (Lipinski definition) is 2. The highest BCUT2D eigenvalue weighted by Crippen LogP contribution is 2.20. The molecule has 1 unspecified atom stereocenters. The fourth-order valence-corrected chi connectivity index (χ4v) is 3.04. The zero-order valence-corrected chi connectivity index (χ0v) is 15.6. The SMILES string of the molecule is Cc1cc(-n2ncc3cc(NC(=O)NC(C)c4ccccc4)ncc32)ccn1. The van der Waals surface area contributed by atoms with Crippen LogP contribution in [-0.2, 0) is 0 Å². The molecule has 0 bridgehead atoms. The predicted molar refractivity (Wildman–Crippen MR) is 108 cm³/mol. The third-order valence-corrected chi connectivity index (χ3v) is 4.47. The molecule has 1 aromatic carbocycles. The van der Waals surface area contributed by atoms with Crippen molar-refractivity contribution in [3.05, 3.63) is 78.4 Å². The summed E-state index contributed by atoms with van der Waals surface area (Å²) in [5.74, 6) is 0.468. The zero-order valence-electron chi connectivity index (χ0n) is 15.6. The molecule has 4 rings (SSSR count). The second kappa shape index (κ2) is 7.48. The highest BCUT2D eigenvalue weighted by Gasteiger charge is 2.11. The van der Waals surface area contributed by atoms with Crippen molar-refractivity contribution in [2.24, 2.45) is 0 Å². The van der Waals surface area contributed by atoms with Crippen LogP contribution in [0.2, 0.25) is 0 Å². The molecule has 0 radical (unpaired) electrons. The van der Waals surface area contributed by atoms with E-state index < -0.39 is 0 Å². The molecular formula is C21H20N6O. The lowest BCUT2D eigenvalue weighted by Gasteiger charge is -2.14. The number of anilines is 1. The van der Waals surface area contributed by atoms with Crippen LogP contribution in [0.4, 0.5) is 10.6 Å². The van der Waals surface area contributed by atoms with Crippen molar-refractivity contribution in [1.29, 1.82) is 0 Å². The van der Waals surface area contributed by atoms with E-state index >= 15 is 0 Å². The molecule has 3 heterocycles. The summed E-state index contributed by atoms with van der Waals surface area (Å²) in [6.07, 6.45) is 5.20. The largest absolute Gasteiger partial charge is 0.331 e. The summed E-state index contributed by atoms with van der Waals surface area (Å²) < 4.78 is 1.80. The molecule has 28 heavy (non-hydrogen) atoms. The Kier molecular flexibility index (Phi) is 4.72. The highest BCUT2D eigenvalue weighted by molar-refractivity contribution is 5.91. The Labute approximate surface area is 162 Å². The zero-order chi connectivity index (χ0) is 19.5. The molecule has 7 nitrogen and oxygen atoms in total. The number of pyridine rings is 2. The summed E-state index contributed by atoms with van der Waals surface area (Å²) in [6.45, 7) is 3.87. The lowest BCUT2D eigenvalue weighted by molar-refractivity contribution is 0.249. The van der Waals surface area contributed by atoms with Crippen molar-refractivity contribution in [3.8, 4) is 5.69 Å². The number of hydrogen-bond acceptors (Lipinski definition) is 4. The number of aryl methyl sites for hydroxylation is 1. The van der Waals surface area contributed by atoms with Gasteiger partial charge in [0.05, 0.1) is 29.6 Å². The Morgan fingerprint density at radius 2 is 1.89 bits per heavy atom. The summed E-state index contributed by atoms with van der Waals surface area (Å²) in [4.78, 5) is 20.9. The van der Waals surface area contributed by atoms with Gasteiger partial charge < -0.3 is 5.32 Å². The van der Waals surface area contributed by atoms with E-state index in [1.165, 1.54) is 0 Å². The lowest BCUT2D eigenvalue weighted by atomic mass is 10.1. The van der Waals surface area contributed by atoms with Crippen molar-refractivity contribution >= 4 is 22.8 Å². The molecule has 7 heteroatoms. The van der Waals surface area contributed by atoms with Gasteiger partial charge in [-0.2, -0.15) is 5.10 Å². The van der Waals surface area contributed by atoms with Crippen LogP contribution in [0.1, 0.15) is 24.2 Å². The molecule has 0 saturated carbocycles. The highest BCUT2D eigenvalue weighted by atomic mass is 16.2. The monoisotopic (exact) mass is 372 g/mol. The number of amides is 2. The minimum absolute atomic E-state index is 0.109. The molecule has 4 aromatic rings. The standard InChI is InChI=1S/C21H20N6O/c1-14-10-18(8-9-22-14)27-19-13-23-20(11-17(19)12-24-27)26-21(28)25-15(2)16-6-4-3-5-7-16/h3-13,15H,1-2H3,(H2,23,25,26,28). The van der Waals surface area contributed by atoms with Gasteiger partial charge in [0.25, 0.3) is 0 Å². The molecule has 0 fully saturated rings. The van der Waals surface area contributed by atoms with E-state index in [4.69, 9.17) is 0 Å². The predicted octanol–water partition coefficient (Wildman–Crippen LogP) is 4.01. The maximum Gasteiger partial charge on any atom is 0.320 e. The number of benzene rings is 1. The number of urea groups is 1. The number of rotatable bonds is 4. The van der Waals surface area contributed by atoms with E-state index in [0.29, 0.717) is 5.82 Å². The molecule has 0 aliphatic carbocycles. The van der Waals surface area contributed by atoms with Crippen molar-refractivity contribution in [3.63, 3.8) is 0 Å². The number of nitrogens with zero attached hydrogens (tertiary/aromatic N) is 4. The van der Waals surface area contributed by atoms with Crippen LogP contribution in [0.25, 0.3) is 16.6 Å². The fraction of sp³-hybridized carbons (Fsp3) is 0.143. The van der Waals surface area contributed by atoms with Crippen LogP contribution in [-0.4, -0.2) is 25.8 Å². The normalized spacial score (nSPS) is 11.9. The third-order valence-electron chi connectivity index (χ3n) is 4.47. The van der Waals surface area contributed by atoms with Crippen LogP contribution in [0.5, 0.6) is 0 Å². The van der Waals surface area contributed by atoms with Gasteiger partial charge in [-0.25, -0.2) is 14.5 Å². The van der Waals surface area contributed by atoms with Crippen LogP contribution < -0.4 is 10.6 Å². The fourth-order valence-electron chi connectivity index (χ4n) is 3.04. The average Bonchev–Trinajstić information content (AvgIpc) is 3.12. The van der Waals surface area contributed by atoms with E-state index in [0.717, 1.165) is 27.8 Å². The number of nitrogens with one attached hydrogen (secondary N) is 2. The maximum absolute atomic E-state index is 12.3. The van der Waals surface area contributed by atoms with E-state index in [9.17, 15) is 4.79 Å². The van der Waals surface area contributed by atoms with Gasteiger partial charge in [0, 0.05) is 17.3 Å². The van der Waals surface area contributed by atoms with Gasteiger partial charge in [-0.3, -0.25) is 10.3 Å². The number of carbonyl (C=O) groups is 1. The molecule has 3 aromatic heterocycles. The molecule has 1 atom stereocenters. The minimum atomic E-state index is -0.305. The lowest BCUT2D eigenvalue weighted by Crippen LogP contribution is -2.31. The maximum atomic E-state index is 12.3. The summed E-state index contributed by atoms with van der Waals surface area (Å²) >= 11 is 0. The van der Waals surface area contributed by atoms with Gasteiger partial charge in [0.2, 0.25) is 0 Å². The number of aromatic nitrogens is 4. The Bertz CT molecular complexity index is 1120. The van der Waals surface area contributed by atoms with Gasteiger partial charge in [0.15, 0.2) is 0 Å². The first-order valence-corrected chi connectivity index (χ1v) is 8.99. The van der Waals surface area contributed by atoms with Crippen molar-refractivity contribution in [2.45, 2.75) is 19.9 Å². The first-order valence-electron chi connectivity index (χ1n) is 8.99. The topological polar surface area (TPSA) is 84.7 Å². The Balaban J connectivity index is 1.50. The smallest absolute Gasteiger partial charge is 0.320 e. The Hall–Kier alpha value is -3.74. The van der Waals surface area contributed by atoms with Crippen molar-refractivity contribution < 1.29 is 4.79 Å². The van der Waals surface area contributed by atoms with Crippen LogP contribution >= 0.6 is 0 Å². The molecule has 0 aliphatic heterocycles. The second-order valence-electron chi connectivity index (χ2n) is 6.57. The minimum Gasteiger partial charge on any atom is -0.331 e. The van der Waals surface area contributed by atoms with Crippen LogP contribution in [0.3, 0.4) is 0 Å². The van der Waals surface area contributed by atoms with E-state index in [2.05, 4.69) is 25.7 Å². The summed E-state index contributed by atoms with van der Waals surface area (Å²) in [5.41, 5.74) is 3.72. The van der Waals surface area contributed by atoms with E-state index in [1.807, 2.05) is 56.3 Å². The summed E-state index contributed by atoms with van der Waals surface area (Å²) in [5, 5.41) is 11.0. The third kappa shape index (κ3) is 3.68. The van der Waals surface area contributed by atoms with Gasteiger partial charge in [-0.15, -0.1) is 0 Å². The van der Waals surface area contributed by atoms with Gasteiger partial charge >= 0.3 is 6.03 Å². The van der Waals surface area contributed by atoms with Gasteiger partial charge in [-0.05, 0) is 37.6 Å². The van der Waals surface area contributed by atoms with Crippen molar-refractivity contribution in [1.82, 2.24) is 25.1 Å². The summed E-state index contributed by atoms with van der Waals surface area (Å²) in [7, 11) is 0. The number of carbonyl (C=O) groups excluding carboxylic acids is 1. The van der Waals surface area contributed by atoms with Gasteiger partial charge in [-0.1, -0.05) is 30.3 Å². The van der Waals surface area contributed by atoms with Crippen LogP contribution in [0.15, 0.2) is 67.1 Å². The quantitative estimate of drug-likeness (QED) is 0.567. The van der Waals surface area contributed by atoms with E-state index in [-0.39, 0.29) is 12.1 Å². The summed E-state index contributed by atoms with van der Waals surface area (Å²) in [6, 6.07) is 15.0.